The second kappa shape index (κ2) is 13.4. The van der Waals surface area contributed by atoms with Gasteiger partial charge in [0.2, 0.25) is 0 Å². The summed E-state index contributed by atoms with van der Waals surface area (Å²) in [5, 5.41) is 5.43. The monoisotopic (exact) mass is 360 g/mol. The molecule has 26 heavy (non-hydrogen) atoms. The summed E-state index contributed by atoms with van der Waals surface area (Å²) >= 11 is 0. The summed E-state index contributed by atoms with van der Waals surface area (Å²) < 4.78 is 0. The van der Waals surface area contributed by atoms with Crippen LogP contribution in [0.1, 0.15) is 82.3 Å². The number of nitrogens with one attached hydrogen (secondary N) is 2. The molecule has 0 aliphatic heterocycles. The average molecular weight is 361 g/mol. The van der Waals surface area contributed by atoms with Crippen LogP contribution < -0.4 is 10.6 Å². The molecule has 0 fully saturated rings. The lowest BCUT2D eigenvalue weighted by molar-refractivity contribution is -0.136. The number of para-hydroxylation sites is 1. The van der Waals surface area contributed by atoms with Gasteiger partial charge in [0, 0.05) is 12.2 Å². The predicted octanol–water partition coefficient (Wildman–Crippen LogP) is 5.28. The molecule has 4 nitrogen and oxygen atoms in total. The van der Waals surface area contributed by atoms with Crippen molar-refractivity contribution in [2.75, 3.05) is 11.9 Å². The molecule has 0 aliphatic carbocycles. The van der Waals surface area contributed by atoms with E-state index in [0.717, 1.165) is 29.7 Å². The fourth-order valence-electron chi connectivity index (χ4n) is 3.08. The Kier molecular flexibility index (Phi) is 11.4. The minimum absolute atomic E-state index is 0.552. The van der Waals surface area contributed by atoms with Gasteiger partial charge in [-0.05, 0) is 31.4 Å². The van der Waals surface area contributed by atoms with Crippen molar-refractivity contribution < 1.29 is 9.59 Å². The van der Waals surface area contributed by atoms with Crippen molar-refractivity contribution in [1.82, 2.24) is 5.32 Å². The maximum atomic E-state index is 12.0. The van der Waals surface area contributed by atoms with Crippen molar-refractivity contribution in [3.8, 4) is 0 Å². The first-order valence-corrected chi connectivity index (χ1v) is 10.2. The van der Waals surface area contributed by atoms with E-state index in [1.807, 2.05) is 32.0 Å². The van der Waals surface area contributed by atoms with E-state index >= 15 is 0 Å². The Labute approximate surface area is 159 Å². The Morgan fingerprint density at radius 3 is 1.81 bits per heavy atom. The highest BCUT2D eigenvalue weighted by molar-refractivity contribution is 6.39. The Morgan fingerprint density at radius 1 is 0.769 bits per heavy atom. The number of aryl methyl sites for hydroxylation is 2. The van der Waals surface area contributed by atoms with E-state index in [-0.39, 0.29) is 0 Å². The fourth-order valence-corrected chi connectivity index (χ4v) is 3.08. The molecule has 4 heteroatoms. The molecular formula is C22H36N2O2. The van der Waals surface area contributed by atoms with E-state index in [0.29, 0.717) is 6.54 Å². The SMILES string of the molecule is CCCCCCCCCCCCNC(=O)C(=O)Nc1c(C)cccc1C. The maximum Gasteiger partial charge on any atom is 0.313 e. The molecule has 0 saturated heterocycles. The van der Waals surface area contributed by atoms with E-state index in [1.165, 1.54) is 51.4 Å². The van der Waals surface area contributed by atoms with Gasteiger partial charge in [-0.2, -0.15) is 0 Å². The molecular weight excluding hydrogens is 324 g/mol. The Hall–Kier alpha value is -1.84. The van der Waals surface area contributed by atoms with Crippen molar-refractivity contribution in [1.29, 1.82) is 0 Å². The molecule has 146 valence electrons. The zero-order chi connectivity index (χ0) is 19.2. The molecule has 1 aromatic rings. The van der Waals surface area contributed by atoms with Crippen LogP contribution in [0, 0.1) is 13.8 Å². The summed E-state index contributed by atoms with van der Waals surface area (Å²) in [6.45, 7) is 6.65. The highest BCUT2D eigenvalue weighted by atomic mass is 16.2. The van der Waals surface area contributed by atoms with Gasteiger partial charge in [0.15, 0.2) is 0 Å². The lowest BCUT2D eigenvalue weighted by atomic mass is 10.1. The molecule has 0 aliphatic rings. The van der Waals surface area contributed by atoms with Crippen molar-refractivity contribution in [3.05, 3.63) is 29.3 Å². The first-order valence-electron chi connectivity index (χ1n) is 10.2. The number of amides is 2. The third-order valence-electron chi connectivity index (χ3n) is 4.74. The fraction of sp³-hybridized carbons (Fsp3) is 0.636. The lowest BCUT2D eigenvalue weighted by Gasteiger charge is -2.11. The van der Waals surface area contributed by atoms with Crippen molar-refractivity contribution in [3.63, 3.8) is 0 Å². The van der Waals surface area contributed by atoms with E-state index in [1.54, 1.807) is 0 Å². The van der Waals surface area contributed by atoms with E-state index in [9.17, 15) is 9.59 Å². The van der Waals surface area contributed by atoms with Crippen molar-refractivity contribution in [2.45, 2.75) is 85.0 Å². The summed E-state index contributed by atoms with van der Waals surface area (Å²) in [6.07, 6.45) is 12.6. The van der Waals surface area contributed by atoms with Gasteiger partial charge < -0.3 is 10.6 Å². The van der Waals surface area contributed by atoms with Gasteiger partial charge in [-0.15, -0.1) is 0 Å². The molecule has 0 spiro atoms. The van der Waals surface area contributed by atoms with Gasteiger partial charge in [0.25, 0.3) is 0 Å². The summed E-state index contributed by atoms with van der Waals surface area (Å²) in [5.74, 6) is -1.14. The van der Waals surface area contributed by atoms with Crippen LogP contribution >= 0.6 is 0 Å². The Bertz CT molecular complexity index is 535. The average Bonchev–Trinajstić information content (AvgIpc) is 2.62. The van der Waals surface area contributed by atoms with Gasteiger partial charge in [-0.3, -0.25) is 9.59 Å². The van der Waals surface area contributed by atoms with Crippen molar-refractivity contribution in [2.24, 2.45) is 0 Å². The summed E-state index contributed by atoms with van der Waals surface area (Å²) in [7, 11) is 0. The standard InChI is InChI=1S/C22H36N2O2/c1-4-5-6-7-8-9-10-11-12-13-17-23-21(25)22(26)24-20-18(2)15-14-16-19(20)3/h14-16H,4-13,17H2,1-3H3,(H,23,25)(H,24,26). The van der Waals surface area contributed by atoms with Crippen LogP contribution in [0.2, 0.25) is 0 Å². The number of unbranched alkanes of at least 4 members (excludes halogenated alkanes) is 9. The van der Waals surface area contributed by atoms with E-state index in [4.69, 9.17) is 0 Å². The number of anilines is 1. The lowest BCUT2D eigenvalue weighted by Crippen LogP contribution is -2.36. The summed E-state index contributed by atoms with van der Waals surface area (Å²) in [4.78, 5) is 23.9. The maximum absolute atomic E-state index is 12.0. The molecule has 0 heterocycles. The van der Waals surface area contributed by atoms with Crippen molar-refractivity contribution >= 4 is 17.5 Å². The molecule has 0 bridgehead atoms. The molecule has 1 aromatic carbocycles. The van der Waals surface area contributed by atoms with Gasteiger partial charge in [0.1, 0.15) is 0 Å². The van der Waals surface area contributed by atoms with Crippen LogP contribution in [0.15, 0.2) is 18.2 Å². The van der Waals surface area contributed by atoms with Gasteiger partial charge in [-0.1, -0.05) is 82.9 Å². The van der Waals surface area contributed by atoms with Crippen LogP contribution in [0.3, 0.4) is 0 Å². The molecule has 0 radical (unpaired) electrons. The van der Waals surface area contributed by atoms with Crippen LogP contribution in [-0.2, 0) is 9.59 Å². The first kappa shape index (κ1) is 22.2. The third-order valence-corrected chi connectivity index (χ3v) is 4.74. The quantitative estimate of drug-likeness (QED) is 0.393. The number of carbonyl (C=O) groups is 2. The summed E-state index contributed by atoms with van der Waals surface area (Å²) in [6, 6.07) is 5.78. The zero-order valence-electron chi connectivity index (χ0n) is 16.8. The van der Waals surface area contributed by atoms with Crippen LogP contribution in [0.5, 0.6) is 0 Å². The first-order chi connectivity index (χ1) is 12.6. The highest BCUT2D eigenvalue weighted by Gasteiger charge is 2.14. The van der Waals surface area contributed by atoms with E-state index in [2.05, 4.69) is 17.6 Å². The molecule has 2 N–H and O–H groups in total. The number of carbonyl (C=O) groups excluding carboxylic acids is 2. The Morgan fingerprint density at radius 2 is 1.27 bits per heavy atom. The van der Waals surface area contributed by atoms with Gasteiger partial charge in [0.05, 0.1) is 0 Å². The topological polar surface area (TPSA) is 58.2 Å². The van der Waals surface area contributed by atoms with Gasteiger partial charge >= 0.3 is 11.8 Å². The number of rotatable bonds is 12. The number of hydrogen-bond donors (Lipinski definition) is 2. The van der Waals surface area contributed by atoms with Crippen LogP contribution in [0.4, 0.5) is 5.69 Å². The minimum Gasteiger partial charge on any atom is -0.348 e. The normalized spacial score (nSPS) is 10.6. The molecule has 0 atom stereocenters. The van der Waals surface area contributed by atoms with E-state index < -0.39 is 11.8 Å². The van der Waals surface area contributed by atoms with Gasteiger partial charge in [-0.25, -0.2) is 0 Å². The Balaban J connectivity index is 2.08. The molecule has 0 aromatic heterocycles. The largest absolute Gasteiger partial charge is 0.348 e. The second-order valence-electron chi connectivity index (χ2n) is 7.16. The zero-order valence-corrected chi connectivity index (χ0v) is 16.8. The van der Waals surface area contributed by atoms with Crippen LogP contribution in [0.25, 0.3) is 0 Å². The second-order valence-corrected chi connectivity index (χ2v) is 7.16. The number of benzene rings is 1. The minimum atomic E-state index is -0.588. The summed E-state index contributed by atoms with van der Waals surface area (Å²) in [5.41, 5.74) is 2.65. The smallest absolute Gasteiger partial charge is 0.313 e. The third kappa shape index (κ3) is 9.02. The molecule has 0 saturated carbocycles. The number of hydrogen-bond acceptors (Lipinski definition) is 2. The highest BCUT2D eigenvalue weighted by Crippen LogP contribution is 2.19. The molecule has 1 rings (SSSR count). The predicted molar refractivity (Wildman–Crippen MR) is 109 cm³/mol. The molecule has 2 amide bonds. The molecule has 0 unspecified atom stereocenters. The van der Waals surface area contributed by atoms with Crippen LogP contribution in [-0.4, -0.2) is 18.4 Å².